The van der Waals surface area contributed by atoms with Crippen LogP contribution in [0.1, 0.15) is 36.8 Å². The van der Waals surface area contributed by atoms with Crippen molar-refractivity contribution in [2.24, 2.45) is 0 Å². The molecule has 0 bridgehead atoms. The number of carbonyl (C=O) groups excluding carboxylic acids is 1. The number of carbonyl (C=O) groups is 1. The highest BCUT2D eigenvalue weighted by Gasteiger charge is 2.27. The summed E-state index contributed by atoms with van der Waals surface area (Å²) in [6.45, 7) is 2.89. The van der Waals surface area contributed by atoms with Gasteiger partial charge in [0, 0.05) is 19.0 Å². The summed E-state index contributed by atoms with van der Waals surface area (Å²) in [5.74, 6) is -0.640. The van der Waals surface area contributed by atoms with E-state index < -0.39 is 0 Å². The van der Waals surface area contributed by atoms with Gasteiger partial charge in [-0.1, -0.05) is 18.2 Å². The average molecular weight is 330 g/mol. The summed E-state index contributed by atoms with van der Waals surface area (Å²) in [6.07, 6.45) is 1.61. The number of anilines is 1. The first-order valence-corrected chi connectivity index (χ1v) is 8.20. The van der Waals surface area contributed by atoms with Crippen LogP contribution in [-0.2, 0) is 0 Å². The van der Waals surface area contributed by atoms with E-state index in [1.54, 1.807) is 23.1 Å². The van der Waals surface area contributed by atoms with E-state index in [1.165, 1.54) is 24.3 Å². The van der Waals surface area contributed by atoms with Crippen LogP contribution in [0.2, 0.25) is 0 Å². The highest BCUT2D eigenvalue weighted by molar-refractivity contribution is 5.93. The van der Waals surface area contributed by atoms with Crippen LogP contribution in [0, 0.1) is 11.6 Å². The smallest absolute Gasteiger partial charge is 0.321 e. The van der Waals surface area contributed by atoms with Crippen LogP contribution < -0.4 is 10.2 Å². The molecule has 2 aromatic carbocycles. The second kappa shape index (κ2) is 6.99. The molecule has 3 nitrogen and oxygen atoms in total. The lowest BCUT2D eigenvalue weighted by molar-refractivity contribution is 0.246. The summed E-state index contributed by atoms with van der Waals surface area (Å²) in [5.41, 5.74) is 2.46. The Hall–Kier alpha value is -2.43. The Balaban J connectivity index is 2.05. The first-order valence-electron chi connectivity index (χ1n) is 8.20. The molecule has 1 aliphatic heterocycles. The van der Waals surface area contributed by atoms with Crippen LogP contribution in [0.4, 0.5) is 19.3 Å². The van der Waals surface area contributed by atoms with Gasteiger partial charge in [0.1, 0.15) is 11.6 Å². The zero-order valence-corrected chi connectivity index (χ0v) is 13.6. The zero-order valence-electron chi connectivity index (χ0n) is 13.6. The van der Waals surface area contributed by atoms with Gasteiger partial charge in [0.15, 0.2) is 0 Å². The Morgan fingerprint density at radius 3 is 2.58 bits per heavy atom. The Labute approximate surface area is 140 Å². The van der Waals surface area contributed by atoms with Crippen LogP contribution in [0.3, 0.4) is 0 Å². The summed E-state index contributed by atoms with van der Waals surface area (Å²) < 4.78 is 27.0. The lowest BCUT2D eigenvalue weighted by Gasteiger charge is -2.24. The number of urea groups is 1. The molecule has 24 heavy (non-hydrogen) atoms. The second-order valence-corrected chi connectivity index (χ2v) is 5.94. The van der Waals surface area contributed by atoms with Crippen molar-refractivity contribution in [1.82, 2.24) is 5.32 Å². The third-order valence-electron chi connectivity index (χ3n) is 4.38. The molecule has 1 heterocycles. The van der Waals surface area contributed by atoms with E-state index in [0.717, 1.165) is 24.0 Å². The van der Waals surface area contributed by atoms with Crippen LogP contribution >= 0.6 is 0 Å². The molecule has 2 amide bonds. The number of nitrogens with zero attached hydrogens (tertiary/aromatic N) is 1. The number of benzene rings is 2. The van der Waals surface area contributed by atoms with Gasteiger partial charge < -0.3 is 5.32 Å². The molecular formula is C19H20F2N2O. The maximum absolute atomic E-state index is 13.8. The van der Waals surface area contributed by atoms with Gasteiger partial charge in [-0.25, -0.2) is 13.6 Å². The topological polar surface area (TPSA) is 32.3 Å². The third kappa shape index (κ3) is 3.25. The van der Waals surface area contributed by atoms with Crippen LogP contribution in [0.15, 0.2) is 42.5 Å². The van der Waals surface area contributed by atoms with Gasteiger partial charge >= 0.3 is 6.03 Å². The van der Waals surface area contributed by atoms with Crippen molar-refractivity contribution in [3.63, 3.8) is 0 Å². The summed E-state index contributed by atoms with van der Waals surface area (Å²) in [7, 11) is 0. The number of hydrogen-bond donors (Lipinski definition) is 1. The molecule has 0 saturated carbocycles. The van der Waals surface area contributed by atoms with Crippen molar-refractivity contribution in [2.45, 2.75) is 25.7 Å². The van der Waals surface area contributed by atoms with Gasteiger partial charge in [-0.2, -0.15) is 0 Å². The fourth-order valence-electron chi connectivity index (χ4n) is 3.27. The average Bonchev–Trinajstić information content (AvgIpc) is 2.75. The van der Waals surface area contributed by atoms with Crippen molar-refractivity contribution in [3.8, 4) is 0 Å². The molecule has 0 aliphatic carbocycles. The van der Waals surface area contributed by atoms with Gasteiger partial charge in [-0.3, -0.25) is 4.90 Å². The Morgan fingerprint density at radius 2 is 1.88 bits per heavy atom. The van der Waals surface area contributed by atoms with Gasteiger partial charge in [0.05, 0.1) is 5.69 Å². The van der Waals surface area contributed by atoms with Crippen LogP contribution in [0.5, 0.6) is 0 Å². The highest BCUT2D eigenvalue weighted by atomic mass is 19.1. The maximum Gasteiger partial charge on any atom is 0.321 e. The quantitative estimate of drug-likeness (QED) is 0.868. The SMILES string of the molecule is CCNC(=O)N1CCCC(c2ccc(F)cc2)c2ccc(F)cc21. The lowest BCUT2D eigenvalue weighted by atomic mass is 9.87. The minimum Gasteiger partial charge on any atom is -0.338 e. The Kier molecular flexibility index (Phi) is 4.79. The third-order valence-corrected chi connectivity index (χ3v) is 4.38. The van der Waals surface area contributed by atoms with Crippen LogP contribution in [-0.4, -0.2) is 19.1 Å². The fourth-order valence-corrected chi connectivity index (χ4v) is 3.27. The van der Waals surface area contributed by atoms with E-state index in [1.807, 2.05) is 6.92 Å². The molecule has 126 valence electrons. The second-order valence-electron chi connectivity index (χ2n) is 5.94. The number of nitrogens with one attached hydrogen (secondary N) is 1. The van der Waals surface area contributed by atoms with Crippen LogP contribution in [0.25, 0.3) is 0 Å². The molecule has 3 rings (SSSR count). The molecule has 1 N–H and O–H groups in total. The number of rotatable bonds is 2. The van der Waals surface area contributed by atoms with Crippen molar-refractivity contribution in [3.05, 3.63) is 65.2 Å². The number of halogens is 2. The molecule has 5 heteroatoms. The van der Waals surface area contributed by atoms with E-state index in [9.17, 15) is 13.6 Å². The van der Waals surface area contributed by atoms with E-state index in [-0.39, 0.29) is 23.6 Å². The molecule has 0 radical (unpaired) electrons. The Morgan fingerprint density at radius 1 is 1.17 bits per heavy atom. The van der Waals surface area contributed by atoms with Gasteiger partial charge in [0.2, 0.25) is 0 Å². The van der Waals surface area contributed by atoms with Gasteiger partial charge in [0.25, 0.3) is 0 Å². The fraction of sp³-hybridized carbons (Fsp3) is 0.316. The number of amides is 2. The van der Waals surface area contributed by atoms with E-state index in [2.05, 4.69) is 5.32 Å². The van der Waals surface area contributed by atoms with Crippen molar-refractivity contribution in [1.29, 1.82) is 0 Å². The zero-order chi connectivity index (χ0) is 17.1. The lowest BCUT2D eigenvalue weighted by Crippen LogP contribution is -2.40. The Bertz CT molecular complexity index is 731. The molecule has 0 fully saturated rings. The molecule has 2 aromatic rings. The first kappa shape index (κ1) is 16.4. The van der Waals surface area contributed by atoms with E-state index >= 15 is 0 Å². The monoisotopic (exact) mass is 330 g/mol. The standard InChI is InChI=1S/C19H20F2N2O/c1-2-22-19(24)23-11-3-4-16(13-5-7-14(20)8-6-13)17-10-9-15(21)12-18(17)23/h5-10,12,16H,2-4,11H2,1H3,(H,22,24). The highest BCUT2D eigenvalue weighted by Crippen LogP contribution is 2.39. The summed E-state index contributed by atoms with van der Waals surface area (Å²) >= 11 is 0. The molecule has 0 aromatic heterocycles. The van der Waals surface area contributed by atoms with Crippen molar-refractivity contribution in [2.75, 3.05) is 18.0 Å². The van der Waals surface area contributed by atoms with Gasteiger partial charge in [-0.05, 0) is 55.2 Å². The molecule has 1 atom stereocenters. The molecule has 0 spiro atoms. The minimum atomic E-state index is -0.372. The van der Waals surface area contributed by atoms with Gasteiger partial charge in [-0.15, -0.1) is 0 Å². The normalized spacial score (nSPS) is 17.1. The van der Waals surface area contributed by atoms with Crippen molar-refractivity contribution < 1.29 is 13.6 Å². The molecule has 1 unspecified atom stereocenters. The molecular weight excluding hydrogens is 310 g/mol. The van der Waals surface area contributed by atoms with Crippen molar-refractivity contribution >= 4 is 11.7 Å². The predicted molar refractivity (Wildman–Crippen MR) is 90.3 cm³/mol. The van der Waals surface area contributed by atoms with E-state index in [0.29, 0.717) is 18.8 Å². The summed E-state index contributed by atoms with van der Waals surface area (Å²) in [6, 6.07) is 10.7. The minimum absolute atomic E-state index is 0.0145. The largest absolute Gasteiger partial charge is 0.338 e. The summed E-state index contributed by atoms with van der Waals surface area (Å²) in [5, 5.41) is 2.78. The predicted octanol–water partition coefficient (Wildman–Crippen LogP) is 4.43. The first-order chi connectivity index (χ1) is 11.6. The number of fused-ring (bicyclic) bond motifs is 1. The molecule has 1 aliphatic rings. The summed E-state index contributed by atoms with van der Waals surface area (Å²) in [4.78, 5) is 14.0. The number of hydrogen-bond acceptors (Lipinski definition) is 1. The maximum atomic E-state index is 13.8. The molecule has 0 saturated heterocycles. The van der Waals surface area contributed by atoms with E-state index in [4.69, 9.17) is 0 Å².